The lowest BCUT2D eigenvalue weighted by Gasteiger charge is -2.23. The minimum atomic E-state index is -0.723. The van der Waals surface area contributed by atoms with Gasteiger partial charge in [-0.15, -0.1) is 0 Å². The summed E-state index contributed by atoms with van der Waals surface area (Å²) in [7, 11) is 0. The summed E-state index contributed by atoms with van der Waals surface area (Å²) in [6.07, 6.45) is 1.88. The normalized spacial score (nSPS) is 15.6. The number of benzene rings is 2. The van der Waals surface area contributed by atoms with Crippen LogP contribution in [0.1, 0.15) is 60.9 Å². The van der Waals surface area contributed by atoms with Crippen molar-refractivity contribution in [1.82, 2.24) is 4.57 Å². The number of carbonyl (C=O) groups excluding carboxylic acids is 1. The predicted molar refractivity (Wildman–Crippen MR) is 148 cm³/mol. The summed E-state index contributed by atoms with van der Waals surface area (Å²) in [4.78, 5) is 32.6. The van der Waals surface area contributed by atoms with Crippen LogP contribution < -0.4 is 20.2 Å². The van der Waals surface area contributed by atoms with E-state index in [2.05, 4.69) is 31.3 Å². The van der Waals surface area contributed by atoms with Crippen molar-refractivity contribution in [3.05, 3.63) is 120 Å². The average Bonchev–Trinajstić information content (AvgIpc) is 3.42. The molecule has 0 aliphatic carbocycles. The highest BCUT2D eigenvalue weighted by Gasteiger charge is 2.34. The molecule has 1 atom stereocenters. The molecule has 0 bridgehead atoms. The van der Waals surface area contributed by atoms with E-state index in [1.54, 1.807) is 11.5 Å². The van der Waals surface area contributed by atoms with Crippen molar-refractivity contribution in [3.63, 3.8) is 0 Å². The standard InChI is InChI=1S/C30H29N3O3S/c1-17(2)22-13-11-21(12-14-22)16-25-29(35)33-27(24-15-10-19(4)36-24)26(20(5)31-30(33)37-25)28(34)32-23-9-7-6-8-18(23)3/h6-17,27H,1-5H3,(H,32,34). The van der Waals surface area contributed by atoms with Gasteiger partial charge in [-0.1, -0.05) is 67.6 Å². The molecule has 1 N–H and O–H groups in total. The van der Waals surface area contributed by atoms with Gasteiger partial charge in [0.05, 0.1) is 15.8 Å². The van der Waals surface area contributed by atoms with Crippen molar-refractivity contribution in [1.29, 1.82) is 0 Å². The number of amides is 1. The van der Waals surface area contributed by atoms with Crippen molar-refractivity contribution in [3.8, 4) is 0 Å². The van der Waals surface area contributed by atoms with Crippen molar-refractivity contribution in [2.45, 2.75) is 46.6 Å². The maximum atomic E-state index is 13.8. The number of carbonyl (C=O) groups is 1. The molecule has 6 nitrogen and oxygen atoms in total. The molecule has 0 saturated heterocycles. The van der Waals surface area contributed by atoms with Crippen LogP contribution in [-0.2, 0) is 4.79 Å². The van der Waals surface area contributed by atoms with Gasteiger partial charge in [0.1, 0.15) is 17.6 Å². The zero-order chi connectivity index (χ0) is 26.3. The van der Waals surface area contributed by atoms with E-state index < -0.39 is 6.04 Å². The van der Waals surface area contributed by atoms with Crippen LogP contribution in [0.2, 0.25) is 0 Å². The van der Waals surface area contributed by atoms with E-state index in [4.69, 9.17) is 9.41 Å². The molecule has 188 valence electrons. The molecule has 2 aromatic heterocycles. The highest BCUT2D eigenvalue weighted by atomic mass is 32.1. The van der Waals surface area contributed by atoms with Crippen LogP contribution in [-0.4, -0.2) is 10.5 Å². The second-order valence-electron chi connectivity index (χ2n) is 9.62. The average molecular weight is 512 g/mol. The van der Waals surface area contributed by atoms with Gasteiger partial charge in [-0.2, -0.15) is 0 Å². The van der Waals surface area contributed by atoms with Crippen molar-refractivity contribution < 1.29 is 9.21 Å². The van der Waals surface area contributed by atoms with E-state index in [1.807, 2.05) is 68.5 Å². The Kier molecular flexibility index (Phi) is 6.56. The maximum Gasteiger partial charge on any atom is 0.271 e. The van der Waals surface area contributed by atoms with Crippen molar-refractivity contribution >= 4 is 29.0 Å². The number of aromatic nitrogens is 1. The summed E-state index contributed by atoms with van der Waals surface area (Å²) in [5.74, 6) is 1.35. The Hall–Kier alpha value is -3.97. The van der Waals surface area contributed by atoms with Crippen LogP contribution in [0.5, 0.6) is 0 Å². The second kappa shape index (κ2) is 9.82. The van der Waals surface area contributed by atoms with E-state index in [1.165, 1.54) is 16.9 Å². The Morgan fingerprint density at radius 1 is 1.05 bits per heavy atom. The summed E-state index contributed by atoms with van der Waals surface area (Å²) >= 11 is 1.32. The molecule has 0 spiro atoms. The zero-order valence-electron chi connectivity index (χ0n) is 21.5. The molecule has 37 heavy (non-hydrogen) atoms. The van der Waals surface area contributed by atoms with Crippen LogP contribution in [0, 0.1) is 13.8 Å². The lowest BCUT2D eigenvalue weighted by molar-refractivity contribution is -0.113. The molecule has 4 aromatic rings. The quantitative estimate of drug-likeness (QED) is 0.400. The Morgan fingerprint density at radius 3 is 2.43 bits per heavy atom. The van der Waals surface area contributed by atoms with Crippen LogP contribution in [0.25, 0.3) is 6.08 Å². The number of anilines is 1. The van der Waals surface area contributed by atoms with Crippen LogP contribution in [0.3, 0.4) is 0 Å². The Morgan fingerprint density at radius 2 is 1.78 bits per heavy atom. The number of thiazole rings is 1. The highest BCUT2D eigenvalue weighted by Crippen LogP contribution is 2.32. The number of allylic oxidation sites excluding steroid dienone is 1. The molecule has 3 heterocycles. The lowest BCUT2D eigenvalue weighted by atomic mass is 10.00. The van der Waals surface area contributed by atoms with Gasteiger partial charge in [-0.3, -0.25) is 14.2 Å². The lowest BCUT2D eigenvalue weighted by Crippen LogP contribution is -2.40. The number of fused-ring (bicyclic) bond motifs is 1. The second-order valence-corrected chi connectivity index (χ2v) is 10.6. The Bertz CT molecular complexity index is 1700. The monoisotopic (exact) mass is 511 g/mol. The molecule has 2 aromatic carbocycles. The fourth-order valence-corrected chi connectivity index (χ4v) is 5.56. The van der Waals surface area contributed by atoms with Crippen LogP contribution >= 0.6 is 11.3 Å². The molecule has 1 amide bonds. The summed E-state index contributed by atoms with van der Waals surface area (Å²) in [6.45, 7) is 9.89. The van der Waals surface area contributed by atoms with Gasteiger partial charge in [0, 0.05) is 5.69 Å². The topological polar surface area (TPSA) is 76.6 Å². The third-order valence-corrected chi connectivity index (χ3v) is 7.57. The van der Waals surface area contributed by atoms with E-state index in [9.17, 15) is 9.59 Å². The first-order valence-corrected chi connectivity index (χ1v) is 13.1. The molecule has 0 fully saturated rings. The van der Waals surface area contributed by atoms with Crippen LogP contribution in [0.4, 0.5) is 5.69 Å². The van der Waals surface area contributed by atoms with Gasteiger partial charge in [0.2, 0.25) is 0 Å². The number of rotatable bonds is 5. The van der Waals surface area contributed by atoms with E-state index >= 15 is 0 Å². The largest absolute Gasteiger partial charge is 0.464 e. The predicted octanol–water partition coefficient (Wildman–Crippen LogP) is 5.21. The summed E-state index contributed by atoms with van der Waals surface area (Å²) < 4.78 is 8.11. The fourth-order valence-electron chi connectivity index (χ4n) is 4.51. The number of nitrogens with one attached hydrogen (secondary N) is 1. The highest BCUT2D eigenvalue weighted by molar-refractivity contribution is 7.07. The number of furan rings is 1. The number of aryl methyl sites for hydroxylation is 2. The third-order valence-electron chi connectivity index (χ3n) is 6.59. The third kappa shape index (κ3) is 4.74. The van der Waals surface area contributed by atoms with E-state index in [0.717, 1.165) is 11.1 Å². The maximum absolute atomic E-state index is 13.8. The summed E-state index contributed by atoms with van der Waals surface area (Å²) in [5, 5.41) is 3.01. The van der Waals surface area contributed by atoms with E-state index in [0.29, 0.717) is 43.7 Å². The molecule has 1 unspecified atom stereocenters. The molecule has 5 rings (SSSR count). The molecule has 0 radical (unpaired) electrons. The van der Waals surface area contributed by atoms with Gasteiger partial charge in [-0.05, 0) is 67.7 Å². The molecule has 1 aliphatic rings. The molecular weight excluding hydrogens is 482 g/mol. The number of para-hydroxylation sites is 1. The van der Waals surface area contributed by atoms with Crippen LogP contribution in [0.15, 0.2) is 86.1 Å². The number of nitrogens with zero attached hydrogens (tertiary/aromatic N) is 2. The minimum Gasteiger partial charge on any atom is -0.464 e. The first kappa shape index (κ1) is 24.7. The summed E-state index contributed by atoms with van der Waals surface area (Å²) in [5.41, 5.74) is 4.58. The smallest absolute Gasteiger partial charge is 0.271 e. The number of hydrogen-bond donors (Lipinski definition) is 1. The van der Waals surface area contributed by atoms with Gasteiger partial charge in [0.15, 0.2) is 4.80 Å². The van der Waals surface area contributed by atoms with Gasteiger partial charge in [-0.25, -0.2) is 4.99 Å². The molecule has 1 aliphatic heterocycles. The molecule has 7 heteroatoms. The zero-order valence-corrected chi connectivity index (χ0v) is 22.3. The molecular formula is C30H29N3O3S. The number of hydrogen-bond acceptors (Lipinski definition) is 5. The van der Waals surface area contributed by atoms with Gasteiger partial charge < -0.3 is 9.73 Å². The van der Waals surface area contributed by atoms with Gasteiger partial charge >= 0.3 is 0 Å². The van der Waals surface area contributed by atoms with Crippen molar-refractivity contribution in [2.75, 3.05) is 5.32 Å². The Labute approximate surface area is 219 Å². The first-order valence-electron chi connectivity index (χ1n) is 12.3. The Balaban J connectivity index is 1.63. The van der Waals surface area contributed by atoms with Gasteiger partial charge in [0.25, 0.3) is 11.5 Å². The first-order chi connectivity index (χ1) is 17.7. The van der Waals surface area contributed by atoms with E-state index in [-0.39, 0.29) is 11.5 Å². The summed E-state index contributed by atoms with van der Waals surface area (Å²) in [6, 6.07) is 18.7. The molecule has 0 saturated carbocycles. The SMILES string of the molecule is CC1=C(C(=O)Nc2ccccc2C)C(c2ccc(C)o2)n2c(sc(=Cc3ccc(C(C)C)cc3)c2=O)=N1. The fraction of sp³-hybridized carbons (Fsp3) is 0.233. The van der Waals surface area contributed by atoms with Crippen molar-refractivity contribution in [2.24, 2.45) is 4.99 Å². The minimum absolute atomic E-state index is 0.204.